The molecule has 0 bridgehead atoms. The molecule has 1 aromatic carbocycles. The number of hydrogen-bond acceptors (Lipinski definition) is 1. The summed E-state index contributed by atoms with van der Waals surface area (Å²) in [5.41, 5.74) is 4.76. The van der Waals surface area contributed by atoms with E-state index in [-0.39, 0.29) is 0 Å². The van der Waals surface area contributed by atoms with Gasteiger partial charge in [0.15, 0.2) is 0 Å². The zero-order chi connectivity index (χ0) is 13.8. The van der Waals surface area contributed by atoms with Gasteiger partial charge in [-0.25, -0.2) is 0 Å². The summed E-state index contributed by atoms with van der Waals surface area (Å²) in [7, 11) is 0. The summed E-state index contributed by atoms with van der Waals surface area (Å²) >= 11 is 0. The van der Waals surface area contributed by atoms with E-state index < -0.39 is 5.60 Å². The average molecular weight is 248 g/mol. The molecule has 1 N–H and O–H groups in total. The second-order valence-electron chi connectivity index (χ2n) is 5.78. The first-order valence-corrected chi connectivity index (χ1v) is 7.21. The van der Waals surface area contributed by atoms with Gasteiger partial charge in [0.2, 0.25) is 0 Å². The summed E-state index contributed by atoms with van der Waals surface area (Å²) in [6, 6.07) is 4.45. The highest BCUT2D eigenvalue weighted by Gasteiger charge is 2.26. The molecule has 0 aliphatic rings. The molecule has 18 heavy (non-hydrogen) atoms. The predicted octanol–water partition coefficient (Wildman–Crippen LogP) is 4.49. The highest BCUT2D eigenvalue weighted by atomic mass is 16.3. The lowest BCUT2D eigenvalue weighted by atomic mass is 9.83. The third-order valence-corrected chi connectivity index (χ3v) is 3.78. The monoisotopic (exact) mass is 248 g/mol. The molecule has 0 saturated carbocycles. The van der Waals surface area contributed by atoms with E-state index in [2.05, 4.69) is 46.8 Å². The number of hydrogen-bond donors (Lipinski definition) is 1. The summed E-state index contributed by atoms with van der Waals surface area (Å²) < 4.78 is 0. The molecule has 1 aromatic rings. The van der Waals surface area contributed by atoms with Crippen molar-refractivity contribution in [1.82, 2.24) is 0 Å². The molecule has 0 aliphatic carbocycles. The standard InChI is InChI=1S/C17H28O/c1-6-8-17(18,9-7-2)12-16-14(4)10-13(3)11-15(16)5/h10-11,18H,6-9,12H2,1-5H3. The van der Waals surface area contributed by atoms with Crippen LogP contribution in [-0.4, -0.2) is 10.7 Å². The van der Waals surface area contributed by atoms with E-state index in [1.807, 2.05) is 0 Å². The van der Waals surface area contributed by atoms with Crippen molar-refractivity contribution in [2.24, 2.45) is 0 Å². The molecule has 0 fully saturated rings. The van der Waals surface area contributed by atoms with Gasteiger partial charge in [-0.2, -0.15) is 0 Å². The van der Waals surface area contributed by atoms with E-state index in [1.165, 1.54) is 22.3 Å². The fourth-order valence-electron chi connectivity index (χ4n) is 3.05. The van der Waals surface area contributed by atoms with E-state index in [4.69, 9.17) is 0 Å². The third-order valence-electron chi connectivity index (χ3n) is 3.78. The molecule has 0 aliphatic heterocycles. The average Bonchev–Trinajstić information content (AvgIpc) is 2.24. The summed E-state index contributed by atoms with van der Waals surface area (Å²) in [6.07, 6.45) is 4.68. The van der Waals surface area contributed by atoms with Gasteiger partial charge in [-0.3, -0.25) is 0 Å². The Labute approximate surface area is 112 Å². The molecule has 0 amide bonds. The van der Waals surface area contributed by atoms with Gasteiger partial charge in [0.25, 0.3) is 0 Å². The first kappa shape index (κ1) is 15.2. The number of rotatable bonds is 6. The molecular weight excluding hydrogens is 220 g/mol. The predicted molar refractivity (Wildman–Crippen MR) is 79.1 cm³/mol. The summed E-state index contributed by atoms with van der Waals surface area (Å²) in [5.74, 6) is 0. The molecule has 1 nitrogen and oxygen atoms in total. The Morgan fingerprint density at radius 3 is 1.78 bits per heavy atom. The van der Waals surface area contributed by atoms with Gasteiger partial charge in [0, 0.05) is 6.42 Å². The second-order valence-corrected chi connectivity index (χ2v) is 5.78. The van der Waals surface area contributed by atoms with Gasteiger partial charge in [0.1, 0.15) is 0 Å². The molecule has 0 unspecified atom stereocenters. The van der Waals surface area contributed by atoms with Crippen molar-refractivity contribution in [2.45, 2.75) is 72.3 Å². The van der Waals surface area contributed by atoms with Crippen LogP contribution in [0.4, 0.5) is 0 Å². The van der Waals surface area contributed by atoms with Gasteiger partial charge >= 0.3 is 0 Å². The van der Waals surface area contributed by atoms with Crippen molar-refractivity contribution in [2.75, 3.05) is 0 Å². The lowest BCUT2D eigenvalue weighted by Crippen LogP contribution is -2.31. The van der Waals surface area contributed by atoms with Crippen molar-refractivity contribution in [1.29, 1.82) is 0 Å². The third kappa shape index (κ3) is 3.84. The normalized spacial score (nSPS) is 11.9. The van der Waals surface area contributed by atoms with Crippen LogP contribution in [0.3, 0.4) is 0 Å². The quantitative estimate of drug-likeness (QED) is 0.786. The molecule has 0 saturated heterocycles. The zero-order valence-electron chi connectivity index (χ0n) is 12.6. The van der Waals surface area contributed by atoms with Crippen molar-refractivity contribution < 1.29 is 5.11 Å². The van der Waals surface area contributed by atoms with Crippen LogP contribution in [0.2, 0.25) is 0 Å². The maximum Gasteiger partial charge on any atom is 0.0688 e. The van der Waals surface area contributed by atoms with Crippen LogP contribution in [0.1, 0.15) is 61.8 Å². The van der Waals surface area contributed by atoms with Crippen LogP contribution in [0.5, 0.6) is 0 Å². The molecule has 102 valence electrons. The van der Waals surface area contributed by atoms with Gasteiger partial charge in [-0.05, 0) is 50.3 Å². The maximum absolute atomic E-state index is 10.8. The molecule has 1 rings (SSSR count). The van der Waals surface area contributed by atoms with E-state index in [1.54, 1.807) is 0 Å². The Bertz CT molecular complexity index is 364. The fourth-order valence-corrected chi connectivity index (χ4v) is 3.05. The Balaban J connectivity index is 3.00. The summed E-state index contributed by atoms with van der Waals surface area (Å²) in [5, 5.41) is 10.8. The minimum absolute atomic E-state index is 0.520. The minimum Gasteiger partial charge on any atom is -0.390 e. The Hall–Kier alpha value is -0.820. The Kier molecular flexibility index (Phi) is 5.40. The molecule has 0 aromatic heterocycles. The smallest absolute Gasteiger partial charge is 0.0688 e. The molecule has 0 atom stereocenters. The maximum atomic E-state index is 10.8. The Morgan fingerprint density at radius 2 is 1.39 bits per heavy atom. The second kappa shape index (κ2) is 6.38. The van der Waals surface area contributed by atoms with Gasteiger partial charge < -0.3 is 5.11 Å². The first-order valence-electron chi connectivity index (χ1n) is 7.21. The van der Waals surface area contributed by atoms with Gasteiger partial charge in [-0.15, -0.1) is 0 Å². The van der Waals surface area contributed by atoms with Crippen LogP contribution in [0.25, 0.3) is 0 Å². The van der Waals surface area contributed by atoms with E-state index in [0.717, 1.165) is 32.1 Å². The van der Waals surface area contributed by atoms with Crippen molar-refractivity contribution in [3.05, 3.63) is 34.4 Å². The van der Waals surface area contributed by atoms with Crippen LogP contribution >= 0.6 is 0 Å². The van der Waals surface area contributed by atoms with Crippen LogP contribution in [0, 0.1) is 20.8 Å². The zero-order valence-corrected chi connectivity index (χ0v) is 12.6. The number of benzene rings is 1. The lowest BCUT2D eigenvalue weighted by Gasteiger charge is -2.29. The molecule has 0 heterocycles. The Morgan fingerprint density at radius 1 is 0.944 bits per heavy atom. The molecule has 1 heteroatoms. The molecular formula is C17H28O. The van der Waals surface area contributed by atoms with Crippen LogP contribution < -0.4 is 0 Å². The van der Waals surface area contributed by atoms with E-state index in [9.17, 15) is 5.11 Å². The van der Waals surface area contributed by atoms with Gasteiger partial charge in [0.05, 0.1) is 5.60 Å². The summed E-state index contributed by atoms with van der Waals surface area (Å²) in [4.78, 5) is 0. The fraction of sp³-hybridized carbons (Fsp3) is 0.647. The minimum atomic E-state index is -0.520. The number of aryl methyl sites for hydroxylation is 3. The first-order chi connectivity index (χ1) is 8.41. The number of aliphatic hydroxyl groups is 1. The van der Waals surface area contributed by atoms with Gasteiger partial charge in [-0.1, -0.05) is 44.4 Å². The van der Waals surface area contributed by atoms with Crippen LogP contribution in [-0.2, 0) is 6.42 Å². The highest BCUT2D eigenvalue weighted by Crippen LogP contribution is 2.28. The van der Waals surface area contributed by atoms with Crippen LogP contribution in [0.15, 0.2) is 12.1 Å². The topological polar surface area (TPSA) is 20.2 Å². The van der Waals surface area contributed by atoms with Crippen molar-refractivity contribution in [3.63, 3.8) is 0 Å². The van der Waals surface area contributed by atoms with Crippen molar-refractivity contribution >= 4 is 0 Å². The largest absolute Gasteiger partial charge is 0.390 e. The lowest BCUT2D eigenvalue weighted by molar-refractivity contribution is 0.0213. The van der Waals surface area contributed by atoms with E-state index >= 15 is 0 Å². The highest BCUT2D eigenvalue weighted by molar-refractivity contribution is 5.38. The van der Waals surface area contributed by atoms with Crippen molar-refractivity contribution in [3.8, 4) is 0 Å². The molecule has 0 spiro atoms. The molecule has 0 radical (unpaired) electrons. The SMILES string of the molecule is CCCC(O)(CCC)Cc1c(C)cc(C)cc1C. The van der Waals surface area contributed by atoms with E-state index in [0.29, 0.717) is 0 Å². The summed E-state index contributed by atoms with van der Waals surface area (Å²) in [6.45, 7) is 10.8.